The van der Waals surface area contributed by atoms with Crippen molar-refractivity contribution in [3.8, 4) is 5.75 Å². The van der Waals surface area contributed by atoms with Crippen LogP contribution in [0, 0.1) is 0 Å². The zero-order chi connectivity index (χ0) is 17.4. The first-order valence-electron chi connectivity index (χ1n) is 8.29. The number of aryl methyl sites for hydroxylation is 2. The second-order valence-electron chi connectivity index (χ2n) is 5.55. The van der Waals surface area contributed by atoms with E-state index in [1.165, 1.54) is 16.7 Å². The van der Waals surface area contributed by atoms with Gasteiger partial charge in [-0.05, 0) is 41.7 Å². The van der Waals surface area contributed by atoms with Gasteiger partial charge in [-0.2, -0.15) is 0 Å². The molecule has 0 atom stereocenters. The van der Waals surface area contributed by atoms with Crippen molar-refractivity contribution in [2.75, 3.05) is 18.2 Å². The van der Waals surface area contributed by atoms with E-state index in [1.807, 2.05) is 24.3 Å². The number of ether oxygens (including phenoxy) is 1. The molecule has 1 amide bonds. The third-order valence-corrected chi connectivity index (χ3v) is 4.93. The second-order valence-corrected chi connectivity index (χ2v) is 6.53. The van der Waals surface area contributed by atoms with Gasteiger partial charge >= 0.3 is 0 Å². The number of amides is 1. The summed E-state index contributed by atoms with van der Waals surface area (Å²) in [6.45, 7) is 4.23. The normalized spacial score (nSPS) is 10.5. The summed E-state index contributed by atoms with van der Waals surface area (Å²) < 4.78 is 5.15. The molecule has 0 spiro atoms. The van der Waals surface area contributed by atoms with Crippen LogP contribution in [0.3, 0.4) is 0 Å². The van der Waals surface area contributed by atoms with Crippen molar-refractivity contribution < 1.29 is 9.53 Å². The number of hydrogen-bond donors (Lipinski definition) is 1. The number of benzene rings is 2. The number of hydrogen-bond acceptors (Lipinski definition) is 3. The molecule has 0 aromatic heterocycles. The summed E-state index contributed by atoms with van der Waals surface area (Å²) in [7, 11) is 1.66. The number of nitrogens with one attached hydrogen (secondary N) is 1. The summed E-state index contributed by atoms with van der Waals surface area (Å²) in [5, 5.41) is 3.11. The molecular formula is C20H25NO2S. The van der Waals surface area contributed by atoms with Crippen molar-refractivity contribution in [1.82, 2.24) is 0 Å². The fourth-order valence-corrected chi connectivity index (χ4v) is 3.35. The molecule has 1 N–H and O–H groups in total. The maximum atomic E-state index is 12.3. The van der Waals surface area contributed by atoms with Gasteiger partial charge in [0.2, 0.25) is 5.91 Å². The quantitative estimate of drug-likeness (QED) is 0.755. The Morgan fingerprint density at radius 1 is 1.04 bits per heavy atom. The average Bonchev–Trinajstić information content (AvgIpc) is 2.62. The average molecular weight is 343 g/mol. The summed E-state index contributed by atoms with van der Waals surface area (Å²) in [4.78, 5) is 12.3. The molecule has 0 saturated heterocycles. The first kappa shape index (κ1) is 18.4. The van der Waals surface area contributed by atoms with E-state index >= 15 is 0 Å². The van der Waals surface area contributed by atoms with Crippen LogP contribution in [0.1, 0.15) is 30.5 Å². The fraction of sp³-hybridized carbons (Fsp3) is 0.350. The highest BCUT2D eigenvalue weighted by molar-refractivity contribution is 7.99. The molecule has 0 aliphatic carbocycles. The molecule has 3 nitrogen and oxygen atoms in total. The highest BCUT2D eigenvalue weighted by Crippen LogP contribution is 2.23. The molecule has 0 bridgehead atoms. The van der Waals surface area contributed by atoms with Gasteiger partial charge in [-0.1, -0.05) is 44.2 Å². The topological polar surface area (TPSA) is 38.3 Å². The Morgan fingerprint density at radius 2 is 1.67 bits per heavy atom. The molecule has 0 radical (unpaired) electrons. The van der Waals surface area contributed by atoms with Crippen LogP contribution in [-0.2, 0) is 23.4 Å². The minimum Gasteiger partial charge on any atom is -0.497 e. The van der Waals surface area contributed by atoms with E-state index in [0.717, 1.165) is 30.0 Å². The summed E-state index contributed by atoms with van der Waals surface area (Å²) >= 11 is 1.62. The van der Waals surface area contributed by atoms with Crippen molar-refractivity contribution in [3.63, 3.8) is 0 Å². The molecule has 2 rings (SSSR count). The van der Waals surface area contributed by atoms with Crippen molar-refractivity contribution in [3.05, 3.63) is 59.2 Å². The van der Waals surface area contributed by atoms with E-state index in [4.69, 9.17) is 4.74 Å². The van der Waals surface area contributed by atoms with Crippen LogP contribution in [0.5, 0.6) is 5.75 Å². The number of methoxy groups -OCH3 is 1. The summed E-state index contributed by atoms with van der Waals surface area (Å²) in [6.07, 6.45) is 1.84. The molecule has 24 heavy (non-hydrogen) atoms. The standard InChI is InChI=1S/C20H25NO2S/c1-4-16-7-6-8-17(5-2)20(16)21-19(22)14-24-13-15-9-11-18(23-3)12-10-15/h6-12H,4-5,13-14H2,1-3H3,(H,21,22). The lowest BCUT2D eigenvalue weighted by molar-refractivity contribution is -0.113. The molecule has 0 heterocycles. The lowest BCUT2D eigenvalue weighted by Crippen LogP contribution is -2.16. The van der Waals surface area contributed by atoms with Crippen LogP contribution in [0.25, 0.3) is 0 Å². The van der Waals surface area contributed by atoms with E-state index in [-0.39, 0.29) is 5.91 Å². The monoisotopic (exact) mass is 343 g/mol. The van der Waals surface area contributed by atoms with Crippen molar-refractivity contribution in [2.24, 2.45) is 0 Å². The second kappa shape index (κ2) is 9.38. The largest absolute Gasteiger partial charge is 0.497 e. The Labute approximate surface area is 148 Å². The Kier molecular flexibility index (Phi) is 7.19. The van der Waals surface area contributed by atoms with Crippen LogP contribution in [0.2, 0.25) is 0 Å². The van der Waals surface area contributed by atoms with Crippen molar-refractivity contribution in [1.29, 1.82) is 0 Å². The van der Waals surface area contributed by atoms with Crippen LogP contribution >= 0.6 is 11.8 Å². The molecule has 0 saturated carbocycles. The third-order valence-electron chi connectivity index (χ3n) is 3.92. The molecule has 2 aromatic carbocycles. The Hall–Kier alpha value is -1.94. The van der Waals surface area contributed by atoms with E-state index in [1.54, 1.807) is 18.9 Å². The number of para-hydroxylation sites is 1. The number of carbonyl (C=O) groups excluding carboxylic acids is 1. The summed E-state index contributed by atoms with van der Waals surface area (Å²) in [5.74, 6) is 2.18. The molecule has 0 unspecified atom stereocenters. The number of rotatable bonds is 8. The highest BCUT2D eigenvalue weighted by Gasteiger charge is 2.10. The smallest absolute Gasteiger partial charge is 0.234 e. The zero-order valence-corrected chi connectivity index (χ0v) is 15.4. The van der Waals surface area contributed by atoms with E-state index in [9.17, 15) is 4.79 Å². The van der Waals surface area contributed by atoms with E-state index in [0.29, 0.717) is 5.75 Å². The van der Waals surface area contributed by atoms with Gasteiger partial charge in [-0.25, -0.2) is 0 Å². The Bertz CT molecular complexity index is 646. The maximum Gasteiger partial charge on any atom is 0.234 e. The molecule has 0 fully saturated rings. The maximum absolute atomic E-state index is 12.3. The number of anilines is 1. The number of carbonyl (C=O) groups is 1. The third kappa shape index (κ3) is 5.03. The van der Waals surface area contributed by atoms with Gasteiger partial charge < -0.3 is 10.1 Å². The van der Waals surface area contributed by atoms with Gasteiger partial charge in [0.05, 0.1) is 12.9 Å². The van der Waals surface area contributed by atoms with Gasteiger partial charge in [0, 0.05) is 11.4 Å². The zero-order valence-electron chi connectivity index (χ0n) is 14.6. The first-order chi connectivity index (χ1) is 11.7. The SMILES string of the molecule is CCc1cccc(CC)c1NC(=O)CSCc1ccc(OC)cc1. The van der Waals surface area contributed by atoms with Gasteiger partial charge in [-0.3, -0.25) is 4.79 Å². The fourth-order valence-electron chi connectivity index (χ4n) is 2.56. The lowest BCUT2D eigenvalue weighted by Gasteiger charge is -2.14. The van der Waals surface area contributed by atoms with Gasteiger partial charge in [0.1, 0.15) is 5.75 Å². The number of thioether (sulfide) groups is 1. The molecular weight excluding hydrogens is 318 g/mol. The molecule has 0 aliphatic heterocycles. The summed E-state index contributed by atoms with van der Waals surface area (Å²) in [5.41, 5.74) is 4.58. The summed E-state index contributed by atoms with van der Waals surface area (Å²) in [6, 6.07) is 14.2. The van der Waals surface area contributed by atoms with Gasteiger partial charge in [-0.15, -0.1) is 11.8 Å². The predicted octanol–water partition coefficient (Wildman–Crippen LogP) is 4.69. The van der Waals surface area contributed by atoms with Crippen molar-refractivity contribution >= 4 is 23.4 Å². The van der Waals surface area contributed by atoms with Gasteiger partial charge in [0.15, 0.2) is 0 Å². The lowest BCUT2D eigenvalue weighted by atomic mass is 10.0. The molecule has 128 valence electrons. The Morgan fingerprint density at radius 3 is 2.21 bits per heavy atom. The minimum absolute atomic E-state index is 0.0594. The highest BCUT2D eigenvalue weighted by atomic mass is 32.2. The molecule has 0 aliphatic rings. The first-order valence-corrected chi connectivity index (χ1v) is 9.44. The van der Waals surface area contributed by atoms with Gasteiger partial charge in [0.25, 0.3) is 0 Å². The predicted molar refractivity (Wildman–Crippen MR) is 103 cm³/mol. The minimum atomic E-state index is 0.0594. The van der Waals surface area contributed by atoms with Crippen LogP contribution in [0.15, 0.2) is 42.5 Å². The van der Waals surface area contributed by atoms with Crippen LogP contribution in [0.4, 0.5) is 5.69 Å². The van der Waals surface area contributed by atoms with Crippen LogP contribution < -0.4 is 10.1 Å². The van der Waals surface area contributed by atoms with Crippen molar-refractivity contribution in [2.45, 2.75) is 32.4 Å². The van der Waals surface area contributed by atoms with E-state index < -0.39 is 0 Å². The molecule has 2 aromatic rings. The van der Waals surface area contributed by atoms with E-state index in [2.05, 4.69) is 37.4 Å². The van der Waals surface area contributed by atoms with Crippen LogP contribution in [-0.4, -0.2) is 18.8 Å². The Balaban J connectivity index is 1.89. The molecule has 4 heteroatoms.